The molecule has 1 aromatic carbocycles. The molecule has 0 unspecified atom stereocenters. The van der Waals surface area contributed by atoms with E-state index in [0.29, 0.717) is 5.17 Å². The second-order valence-electron chi connectivity index (χ2n) is 3.76. The van der Waals surface area contributed by atoms with Crippen LogP contribution in [0.5, 0.6) is 11.5 Å². The highest BCUT2D eigenvalue weighted by atomic mass is 32.2. The summed E-state index contributed by atoms with van der Waals surface area (Å²) in [7, 11) is 0. The molecule has 1 aromatic rings. The number of nitrogens with one attached hydrogen (secondary N) is 1. The SMILES string of the molecule is O=C1CSC(=NN=Cc2ccc(O)c(OC(F)(F)F)c2)N1. The van der Waals surface area contributed by atoms with E-state index in [0.717, 1.165) is 23.9 Å². The standard InChI is InChI=1S/C11H8F3N3O3S/c12-11(13,14)20-8-3-6(1-2-7(8)18)4-15-17-10-16-9(19)5-21-10/h1-4,18H,5H2,(H,16,17,19). The van der Waals surface area contributed by atoms with Gasteiger partial charge in [0.1, 0.15) is 0 Å². The summed E-state index contributed by atoms with van der Waals surface area (Å²) >= 11 is 1.16. The summed E-state index contributed by atoms with van der Waals surface area (Å²) in [6.45, 7) is 0. The largest absolute Gasteiger partial charge is 0.573 e. The first-order valence-electron chi connectivity index (χ1n) is 5.46. The molecule has 10 heteroatoms. The summed E-state index contributed by atoms with van der Waals surface area (Å²) in [6.07, 6.45) is -3.74. The monoisotopic (exact) mass is 319 g/mol. The lowest BCUT2D eigenvalue weighted by Gasteiger charge is -2.10. The van der Waals surface area contributed by atoms with Gasteiger partial charge in [-0.1, -0.05) is 11.8 Å². The summed E-state index contributed by atoms with van der Waals surface area (Å²) in [6, 6.07) is 3.34. The molecule has 0 saturated carbocycles. The molecular weight excluding hydrogens is 311 g/mol. The van der Waals surface area contributed by atoms with Crippen LogP contribution in [0.2, 0.25) is 0 Å². The number of phenols is 1. The van der Waals surface area contributed by atoms with Crippen molar-refractivity contribution in [3.63, 3.8) is 0 Å². The molecule has 0 atom stereocenters. The number of hydrogen-bond acceptors (Lipinski definition) is 6. The molecule has 1 saturated heterocycles. The summed E-state index contributed by atoms with van der Waals surface area (Å²) in [5.74, 6) is -1.33. The predicted molar refractivity (Wildman–Crippen MR) is 70.4 cm³/mol. The average molecular weight is 319 g/mol. The summed E-state index contributed by atoms with van der Waals surface area (Å²) in [4.78, 5) is 10.9. The van der Waals surface area contributed by atoms with Gasteiger partial charge in [0.05, 0.1) is 12.0 Å². The molecule has 21 heavy (non-hydrogen) atoms. The van der Waals surface area contributed by atoms with Crippen LogP contribution in [0.4, 0.5) is 13.2 Å². The number of rotatable bonds is 3. The average Bonchev–Trinajstić information content (AvgIpc) is 2.77. The fourth-order valence-corrected chi connectivity index (χ4v) is 1.98. The third-order valence-electron chi connectivity index (χ3n) is 2.15. The molecule has 1 amide bonds. The lowest BCUT2D eigenvalue weighted by Crippen LogP contribution is -2.19. The molecule has 0 bridgehead atoms. The minimum Gasteiger partial charge on any atom is -0.504 e. The van der Waals surface area contributed by atoms with E-state index in [1.165, 1.54) is 12.3 Å². The number of nitrogens with zero attached hydrogens (tertiary/aromatic N) is 2. The van der Waals surface area contributed by atoms with Crippen LogP contribution in [-0.4, -0.2) is 34.5 Å². The van der Waals surface area contributed by atoms with Crippen LogP contribution in [0.1, 0.15) is 5.56 Å². The topological polar surface area (TPSA) is 83.3 Å². The van der Waals surface area contributed by atoms with Crippen LogP contribution in [-0.2, 0) is 4.79 Å². The van der Waals surface area contributed by atoms with E-state index in [-0.39, 0.29) is 17.2 Å². The molecule has 0 aromatic heterocycles. The Morgan fingerprint density at radius 1 is 1.43 bits per heavy atom. The Kier molecular flexibility index (Phi) is 4.36. The van der Waals surface area contributed by atoms with Gasteiger partial charge in [-0.05, 0) is 23.8 Å². The zero-order chi connectivity index (χ0) is 15.5. The first-order chi connectivity index (χ1) is 9.83. The Bertz CT molecular complexity index is 616. The molecule has 0 spiro atoms. The van der Waals surface area contributed by atoms with Crippen molar-refractivity contribution < 1.29 is 27.8 Å². The minimum absolute atomic E-state index is 0.195. The van der Waals surface area contributed by atoms with Crippen molar-refractivity contribution in [2.45, 2.75) is 6.36 Å². The van der Waals surface area contributed by atoms with Crippen molar-refractivity contribution >= 4 is 29.1 Å². The van der Waals surface area contributed by atoms with Gasteiger partial charge in [-0.15, -0.1) is 18.3 Å². The fourth-order valence-electron chi connectivity index (χ4n) is 1.34. The van der Waals surface area contributed by atoms with E-state index in [1.54, 1.807) is 0 Å². The van der Waals surface area contributed by atoms with Gasteiger partial charge in [0.15, 0.2) is 16.7 Å². The van der Waals surface area contributed by atoms with E-state index in [1.807, 2.05) is 0 Å². The van der Waals surface area contributed by atoms with E-state index >= 15 is 0 Å². The maximum atomic E-state index is 12.1. The summed E-state index contributed by atoms with van der Waals surface area (Å²) in [5.41, 5.74) is 0.241. The molecule has 0 radical (unpaired) electrons. The predicted octanol–water partition coefficient (Wildman–Crippen LogP) is 1.84. The van der Waals surface area contributed by atoms with Gasteiger partial charge in [0.25, 0.3) is 0 Å². The first-order valence-corrected chi connectivity index (χ1v) is 6.44. The molecule has 0 aliphatic carbocycles. The molecule has 1 fully saturated rings. The fraction of sp³-hybridized carbons (Fsp3) is 0.182. The van der Waals surface area contributed by atoms with Gasteiger partial charge in [-0.2, -0.15) is 5.10 Å². The zero-order valence-electron chi connectivity index (χ0n) is 10.2. The molecule has 1 aliphatic rings. The molecule has 2 rings (SSSR count). The van der Waals surface area contributed by atoms with Crippen LogP contribution in [0, 0.1) is 0 Å². The number of phenolic OH excluding ortho intramolecular Hbond substituents is 1. The number of carbonyl (C=O) groups is 1. The molecule has 112 valence electrons. The number of thioether (sulfide) groups is 1. The van der Waals surface area contributed by atoms with Gasteiger partial charge in [-0.3, -0.25) is 4.79 Å². The third-order valence-corrected chi connectivity index (χ3v) is 3.01. The van der Waals surface area contributed by atoms with Gasteiger partial charge < -0.3 is 15.2 Å². The van der Waals surface area contributed by atoms with E-state index in [9.17, 15) is 23.1 Å². The molecule has 1 heterocycles. The lowest BCUT2D eigenvalue weighted by atomic mass is 10.2. The van der Waals surface area contributed by atoms with Crippen LogP contribution >= 0.6 is 11.8 Å². The Morgan fingerprint density at radius 2 is 2.19 bits per heavy atom. The van der Waals surface area contributed by atoms with Crippen molar-refractivity contribution in [1.82, 2.24) is 5.32 Å². The van der Waals surface area contributed by atoms with E-state index in [2.05, 4.69) is 20.3 Å². The molecule has 1 aliphatic heterocycles. The highest BCUT2D eigenvalue weighted by Gasteiger charge is 2.32. The number of halogens is 3. The number of benzene rings is 1. The van der Waals surface area contributed by atoms with Crippen molar-refractivity contribution in [2.75, 3.05) is 5.75 Å². The quantitative estimate of drug-likeness (QED) is 0.658. The van der Waals surface area contributed by atoms with Crippen LogP contribution in [0.25, 0.3) is 0 Å². The maximum Gasteiger partial charge on any atom is 0.573 e. The number of hydrogen-bond donors (Lipinski definition) is 2. The Labute approximate surface area is 120 Å². The summed E-state index contributed by atoms with van der Waals surface area (Å²) in [5, 5.41) is 19.3. The third kappa shape index (κ3) is 4.67. The van der Waals surface area contributed by atoms with Crippen molar-refractivity contribution in [2.24, 2.45) is 10.2 Å². The van der Waals surface area contributed by atoms with Gasteiger partial charge in [-0.25, -0.2) is 0 Å². The van der Waals surface area contributed by atoms with Crippen LogP contribution in [0.3, 0.4) is 0 Å². The smallest absolute Gasteiger partial charge is 0.504 e. The highest BCUT2D eigenvalue weighted by molar-refractivity contribution is 8.15. The number of amides is 1. The van der Waals surface area contributed by atoms with Crippen LogP contribution < -0.4 is 10.1 Å². The minimum atomic E-state index is -4.90. The van der Waals surface area contributed by atoms with E-state index < -0.39 is 17.9 Å². The first kappa shape index (κ1) is 15.2. The molecular formula is C11H8F3N3O3S. The number of ether oxygens (including phenoxy) is 1. The highest BCUT2D eigenvalue weighted by Crippen LogP contribution is 2.31. The molecule has 2 N–H and O–H groups in total. The van der Waals surface area contributed by atoms with Gasteiger partial charge in [0.2, 0.25) is 5.91 Å². The van der Waals surface area contributed by atoms with E-state index in [4.69, 9.17) is 0 Å². The second kappa shape index (κ2) is 6.04. The normalized spacial score (nSPS) is 17.5. The number of carbonyl (C=O) groups excluding carboxylic acids is 1. The summed E-state index contributed by atoms with van der Waals surface area (Å²) < 4.78 is 40.0. The Hall–Kier alpha value is -2.23. The van der Waals surface area contributed by atoms with Gasteiger partial charge in [0, 0.05) is 0 Å². The zero-order valence-corrected chi connectivity index (χ0v) is 11.0. The van der Waals surface area contributed by atoms with Crippen LogP contribution in [0.15, 0.2) is 28.4 Å². The maximum absolute atomic E-state index is 12.1. The van der Waals surface area contributed by atoms with Crippen molar-refractivity contribution in [3.05, 3.63) is 23.8 Å². The number of amidine groups is 1. The Morgan fingerprint density at radius 3 is 2.81 bits per heavy atom. The second-order valence-corrected chi connectivity index (χ2v) is 4.73. The van der Waals surface area contributed by atoms with Crippen molar-refractivity contribution in [3.8, 4) is 11.5 Å². The molecule has 6 nitrogen and oxygen atoms in total. The number of aromatic hydroxyl groups is 1. The van der Waals surface area contributed by atoms with Crippen molar-refractivity contribution in [1.29, 1.82) is 0 Å². The lowest BCUT2D eigenvalue weighted by molar-refractivity contribution is -0.275. The van der Waals surface area contributed by atoms with Gasteiger partial charge >= 0.3 is 6.36 Å². The number of alkyl halides is 3. The Balaban J connectivity index is 2.10.